The lowest BCUT2D eigenvalue weighted by molar-refractivity contribution is 1.04. The second kappa shape index (κ2) is 4.75. The maximum Gasteiger partial charge on any atom is 0.223 e. The van der Waals surface area contributed by atoms with Gasteiger partial charge in [0.25, 0.3) is 0 Å². The van der Waals surface area contributed by atoms with Gasteiger partial charge in [-0.25, -0.2) is 4.98 Å². The molecular weight excluding hydrogens is 224 g/mol. The molecule has 0 fully saturated rings. The molecular formula is C9H12N6S. The van der Waals surface area contributed by atoms with Crippen LogP contribution in [0.3, 0.4) is 0 Å². The van der Waals surface area contributed by atoms with Crippen molar-refractivity contribution in [3.63, 3.8) is 0 Å². The lowest BCUT2D eigenvalue weighted by Crippen LogP contribution is -2.06. The Morgan fingerprint density at radius 3 is 2.88 bits per heavy atom. The molecule has 4 N–H and O–H groups in total. The van der Waals surface area contributed by atoms with Gasteiger partial charge in [-0.15, -0.1) is 11.3 Å². The molecule has 0 atom stereocenters. The van der Waals surface area contributed by atoms with E-state index in [2.05, 4.69) is 25.6 Å². The smallest absolute Gasteiger partial charge is 0.223 e. The monoisotopic (exact) mass is 236 g/mol. The molecule has 2 heterocycles. The summed E-state index contributed by atoms with van der Waals surface area (Å²) in [5, 5.41) is 8.04. The van der Waals surface area contributed by atoms with Crippen molar-refractivity contribution in [1.29, 1.82) is 0 Å². The molecule has 84 valence electrons. The van der Waals surface area contributed by atoms with Crippen molar-refractivity contribution in [1.82, 2.24) is 15.0 Å². The standard InChI is InChI=1S/C9H12N6S/c1-11-7-2-8(15-9(10)14-7)12-3-6-4-16-5-13-6/h2,4-5H,3H2,1H3,(H4,10,11,12,14,15). The van der Waals surface area contributed by atoms with Crippen LogP contribution >= 0.6 is 11.3 Å². The quantitative estimate of drug-likeness (QED) is 0.738. The van der Waals surface area contributed by atoms with Crippen molar-refractivity contribution < 1.29 is 0 Å². The Hall–Kier alpha value is -1.89. The summed E-state index contributed by atoms with van der Waals surface area (Å²) >= 11 is 1.56. The third-order valence-electron chi connectivity index (χ3n) is 1.93. The number of nitrogens with zero attached hydrogens (tertiary/aromatic N) is 3. The van der Waals surface area contributed by atoms with E-state index in [1.807, 2.05) is 5.38 Å². The summed E-state index contributed by atoms with van der Waals surface area (Å²) in [5.41, 5.74) is 8.34. The fraction of sp³-hybridized carbons (Fsp3) is 0.222. The van der Waals surface area contributed by atoms with Crippen molar-refractivity contribution in [2.75, 3.05) is 23.4 Å². The number of hydrogen-bond donors (Lipinski definition) is 3. The Labute approximate surface area is 97.0 Å². The number of nitrogens with one attached hydrogen (secondary N) is 2. The molecule has 0 amide bonds. The Kier molecular flexibility index (Phi) is 3.16. The van der Waals surface area contributed by atoms with Crippen LogP contribution in [0.25, 0.3) is 0 Å². The van der Waals surface area contributed by atoms with Crippen LogP contribution in [0.1, 0.15) is 5.69 Å². The van der Waals surface area contributed by atoms with Crippen molar-refractivity contribution in [3.05, 3.63) is 22.7 Å². The zero-order valence-corrected chi connectivity index (χ0v) is 9.58. The Morgan fingerprint density at radius 2 is 2.19 bits per heavy atom. The normalized spacial score (nSPS) is 10.1. The molecule has 0 aliphatic rings. The van der Waals surface area contributed by atoms with Gasteiger partial charge in [0, 0.05) is 18.5 Å². The van der Waals surface area contributed by atoms with E-state index in [9.17, 15) is 0 Å². The number of anilines is 3. The Balaban J connectivity index is 2.06. The van der Waals surface area contributed by atoms with Crippen molar-refractivity contribution >= 4 is 28.9 Å². The first kappa shape index (κ1) is 10.6. The predicted octanol–water partition coefficient (Wildman–Crippen LogP) is 1.17. The maximum atomic E-state index is 5.57. The summed E-state index contributed by atoms with van der Waals surface area (Å²) in [6, 6.07) is 1.79. The van der Waals surface area contributed by atoms with Crippen LogP contribution in [0.5, 0.6) is 0 Å². The van der Waals surface area contributed by atoms with Gasteiger partial charge in [0.2, 0.25) is 5.95 Å². The van der Waals surface area contributed by atoms with Gasteiger partial charge >= 0.3 is 0 Å². The van der Waals surface area contributed by atoms with Crippen LogP contribution in [-0.2, 0) is 6.54 Å². The van der Waals surface area contributed by atoms with E-state index in [1.54, 1.807) is 30.0 Å². The van der Waals surface area contributed by atoms with Crippen LogP contribution in [0.15, 0.2) is 17.0 Å². The highest BCUT2D eigenvalue weighted by Gasteiger charge is 2.01. The van der Waals surface area contributed by atoms with Crippen LogP contribution < -0.4 is 16.4 Å². The van der Waals surface area contributed by atoms with Crippen LogP contribution in [-0.4, -0.2) is 22.0 Å². The maximum absolute atomic E-state index is 5.57. The molecule has 0 aliphatic heterocycles. The van der Waals surface area contributed by atoms with Gasteiger partial charge in [0.05, 0.1) is 17.7 Å². The van der Waals surface area contributed by atoms with E-state index in [-0.39, 0.29) is 5.95 Å². The number of nitrogens with two attached hydrogens (primary N) is 1. The van der Waals surface area contributed by atoms with Gasteiger partial charge in [-0.1, -0.05) is 0 Å². The number of aromatic nitrogens is 3. The topological polar surface area (TPSA) is 88.8 Å². The zero-order valence-electron chi connectivity index (χ0n) is 8.77. The molecule has 0 aromatic carbocycles. The third-order valence-corrected chi connectivity index (χ3v) is 2.57. The van der Waals surface area contributed by atoms with Gasteiger partial charge in [0.1, 0.15) is 11.6 Å². The average Bonchev–Trinajstić information content (AvgIpc) is 2.78. The second-order valence-corrected chi connectivity index (χ2v) is 3.80. The third kappa shape index (κ3) is 2.57. The van der Waals surface area contributed by atoms with Crippen LogP contribution in [0, 0.1) is 0 Å². The first-order chi connectivity index (χ1) is 7.78. The van der Waals surface area contributed by atoms with E-state index in [0.29, 0.717) is 18.2 Å². The van der Waals surface area contributed by atoms with E-state index >= 15 is 0 Å². The molecule has 2 rings (SSSR count). The number of hydrogen-bond acceptors (Lipinski definition) is 7. The van der Waals surface area contributed by atoms with Crippen LogP contribution in [0.2, 0.25) is 0 Å². The van der Waals surface area contributed by atoms with E-state index < -0.39 is 0 Å². The molecule has 0 spiro atoms. The number of nitrogen functional groups attached to an aromatic ring is 1. The molecule has 0 saturated heterocycles. The lowest BCUT2D eigenvalue weighted by Gasteiger charge is -2.06. The minimum atomic E-state index is 0.243. The fourth-order valence-corrected chi connectivity index (χ4v) is 1.75. The molecule has 2 aromatic heterocycles. The summed E-state index contributed by atoms with van der Waals surface area (Å²) in [7, 11) is 1.78. The highest BCUT2D eigenvalue weighted by atomic mass is 32.1. The summed E-state index contributed by atoms with van der Waals surface area (Å²) in [4.78, 5) is 12.2. The summed E-state index contributed by atoms with van der Waals surface area (Å²) in [6.07, 6.45) is 0. The molecule has 7 heteroatoms. The SMILES string of the molecule is CNc1cc(NCc2cscn2)nc(N)n1. The van der Waals surface area contributed by atoms with Crippen LogP contribution in [0.4, 0.5) is 17.6 Å². The first-order valence-electron chi connectivity index (χ1n) is 4.71. The first-order valence-corrected chi connectivity index (χ1v) is 5.65. The van der Waals surface area contributed by atoms with Gasteiger partial charge in [-0.05, 0) is 0 Å². The average molecular weight is 236 g/mol. The largest absolute Gasteiger partial charge is 0.373 e. The molecule has 0 aliphatic carbocycles. The molecule has 0 bridgehead atoms. The molecule has 16 heavy (non-hydrogen) atoms. The molecule has 0 saturated carbocycles. The Morgan fingerprint density at radius 1 is 1.38 bits per heavy atom. The lowest BCUT2D eigenvalue weighted by atomic mass is 10.4. The predicted molar refractivity (Wildman–Crippen MR) is 65.4 cm³/mol. The zero-order chi connectivity index (χ0) is 11.4. The van der Waals surface area contributed by atoms with E-state index in [0.717, 1.165) is 5.69 Å². The summed E-state index contributed by atoms with van der Waals surface area (Å²) in [6.45, 7) is 0.628. The molecule has 6 nitrogen and oxygen atoms in total. The highest BCUT2D eigenvalue weighted by Crippen LogP contribution is 2.12. The van der Waals surface area contributed by atoms with Crippen molar-refractivity contribution in [3.8, 4) is 0 Å². The van der Waals surface area contributed by atoms with Gasteiger partial charge in [0.15, 0.2) is 0 Å². The van der Waals surface area contributed by atoms with Crippen molar-refractivity contribution in [2.24, 2.45) is 0 Å². The Bertz CT molecular complexity index is 455. The van der Waals surface area contributed by atoms with Gasteiger partial charge in [-0.2, -0.15) is 9.97 Å². The summed E-state index contributed by atoms with van der Waals surface area (Å²) < 4.78 is 0. The minimum absolute atomic E-state index is 0.243. The fourth-order valence-electron chi connectivity index (χ4n) is 1.19. The van der Waals surface area contributed by atoms with Gasteiger partial charge in [-0.3, -0.25) is 0 Å². The van der Waals surface area contributed by atoms with E-state index in [1.165, 1.54) is 0 Å². The van der Waals surface area contributed by atoms with Crippen molar-refractivity contribution in [2.45, 2.75) is 6.54 Å². The molecule has 0 radical (unpaired) electrons. The molecule has 0 unspecified atom stereocenters. The highest BCUT2D eigenvalue weighted by molar-refractivity contribution is 7.07. The summed E-state index contributed by atoms with van der Waals surface area (Å²) in [5.74, 6) is 1.62. The number of thiazole rings is 1. The second-order valence-electron chi connectivity index (χ2n) is 3.08. The number of rotatable bonds is 4. The minimum Gasteiger partial charge on any atom is -0.373 e. The van der Waals surface area contributed by atoms with Gasteiger partial charge < -0.3 is 16.4 Å². The molecule has 2 aromatic rings. The van der Waals surface area contributed by atoms with E-state index in [4.69, 9.17) is 5.73 Å².